The van der Waals surface area contributed by atoms with Gasteiger partial charge in [-0.2, -0.15) is 0 Å². The number of halogens is 5. The lowest BCUT2D eigenvalue weighted by atomic mass is 9.76. The van der Waals surface area contributed by atoms with Crippen molar-refractivity contribution in [3.05, 3.63) is 138 Å². The van der Waals surface area contributed by atoms with Crippen molar-refractivity contribution in [3.8, 4) is 16.9 Å². The predicted octanol–water partition coefficient (Wildman–Crippen LogP) is 12.7. The number of ether oxygens (including phenoxy) is 1. The fourth-order valence-electron chi connectivity index (χ4n) is 5.31. The quantitative estimate of drug-likeness (QED) is 0.131. The molecular weight excluding hydrogens is 866 g/mol. The second-order valence-electron chi connectivity index (χ2n) is 12.7. The summed E-state index contributed by atoms with van der Waals surface area (Å²) in [6.45, 7) is 7.88. The molecule has 0 spiro atoms. The molecule has 0 atom stereocenters. The smallest absolute Gasteiger partial charge is 0.495 e. The topological polar surface area (TPSA) is 44.8 Å². The molecule has 0 bridgehead atoms. The lowest BCUT2D eigenvalue weighted by Crippen LogP contribution is -2.41. The molecule has 7 rings (SSSR count). The number of methoxy groups -OCH3 is 1. The second kappa shape index (κ2) is 16.3. The zero-order valence-corrected chi connectivity index (χ0v) is 34.3. The second-order valence-corrected chi connectivity index (χ2v) is 16.3. The first-order chi connectivity index (χ1) is 23.7. The Labute approximate surface area is 328 Å². The number of hydrogen-bond acceptors (Lipinski definition) is 4. The van der Waals surface area contributed by atoms with Crippen molar-refractivity contribution in [2.75, 3.05) is 7.11 Å². The van der Waals surface area contributed by atoms with E-state index in [2.05, 4.69) is 115 Å². The van der Waals surface area contributed by atoms with Crippen LogP contribution in [-0.4, -0.2) is 31.7 Å². The van der Waals surface area contributed by atoms with Crippen LogP contribution in [0.5, 0.6) is 5.75 Å². The maximum atomic E-state index is 11.1. The highest BCUT2D eigenvalue weighted by Gasteiger charge is 2.52. The third kappa shape index (κ3) is 9.21. The Balaban J connectivity index is 0.000000150. The Morgan fingerprint density at radius 3 is 1.62 bits per heavy atom. The number of rotatable bonds is 4. The number of benzene rings is 6. The van der Waals surface area contributed by atoms with Crippen molar-refractivity contribution in [1.29, 1.82) is 0 Å². The molecule has 0 N–H and O–H groups in total. The van der Waals surface area contributed by atoms with Crippen LogP contribution in [0.1, 0.15) is 38.1 Å². The number of carbonyl (C=O) groups is 1. The van der Waals surface area contributed by atoms with Gasteiger partial charge in [0.25, 0.3) is 0 Å². The molecule has 1 heterocycles. The van der Waals surface area contributed by atoms with Gasteiger partial charge in [-0.05, 0) is 133 Å². The summed E-state index contributed by atoms with van der Waals surface area (Å²) in [5.74, 6) is 0.823. The minimum Gasteiger partial charge on any atom is -0.496 e. The van der Waals surface area contributed by atoms with E-state index in [0.717, 1.165) is 36.6 Å². The molecule has 0 saturated carbocycles. The summed E-state index contributed by atoms with van der Waals surface area (Å²) >= 11 is 22.5. The molecule has 1 fully saturated rings. The van der Waals surface area contributed by atoms with E-state index in [4.69, 9.17) is 37.2 Å². The molecule has 1 aliphatic heterocycles. The molecular formula is C40H34BBr3Cl2O4. The van der Waals surface area contributed by atoms with Crippen LogP contribution >= 0.6 is 71.0 Å². The maximum Gasteiger partial charge on any atom is 0.495 e. The van der Waals surface area contributed by atoms with Crippen LogP contribution in [-0.2, 0) is 9.31 Å². The number of carbonyl (C=O) groups excluding carboxylic acids is 1. The van der Waals surface area contributed by atoms with E-state index in [1.54, 1.807) is 25.3 Å². The SMILES string of the molecule is Brc1ccc2ccc(Br)cc2c1.CC1(C)OB(c2cc(Cl)ccc2C=O)OC1(C)C.COc1ccc(Cl)cc1-c1ccc2ccc(Br)cc2c1. The van der Waals surface area contributed by atoms with Crippen molar-refractivity contribution in [2.45, 2.75) is 38.9 Å². The van der Waals surface area contributed by atoms with E-state index in [1.165, 1.54) is 21.5 Å². The molecule has 4 nitrogen and oxygen atoms in total. The van der Waals surface area contributed by atoms with Gasteiger partial charge in [0, 0.05) is 34.6 Å². The van der Waals surface area contributed by atoms with Gasteiger partial charge in [-0.1, -0.05) is 107 Å². The fraction of sp³-hybridized carbons (Fsp3) is 0.175. The van der Waals surface area contributed by atoms with Gasteiger partial charge < -0.3 is 14.0 Å². The first-order valence-electron chi connectivity index (χ1n) is 15.7. The van der Waals surface area contributed by atoms with E-state index in [-0.39, 0.29) is 0 Å². The average Bonchev–Trinajstić information content (AvgIpc) is 3.30. The first kappa shape index (κ1) is 38.5. The van der Waals surface area contributed by atoms with Gasteiger partial charge in [0.15, 0.2) is 0 Å². The van der Waals surface area contributed by atoms with Crippen molar-refractivity contribution in [2.24, 2.45) is 0 Å². The number of hydrogen-bond donors (Lipinski definition) is 0. The van der Waals surface area contributed by atoms with Crippen LogP contribution in [0.4, 0.5) is 0 Å². The summed E-state index contributed by atoms with van der Waals surface area (Å²) in [6, 6.07) is 35.9. The highest BCUT2D eigenvalue weighted by molar-refractivity contribution is 9.11. The molecule has 256 valence electrons. The highest BCUT2D eigenvalue weighted by Crippen LogP contribution is 2.37. The van der Waals surface area contributed by atoms with Gasteiger partial charge in [0.1, 0.15) is 12.0 Å². The number of aldehydes is 1. The first-order valence-corrected chi connectivity index (χ1v) is 18.8. The van der Waals surface area contributed by atoms with E-state index in [1.807, 2.05) is 52.0 Å². The Kier molecular flexibility index (Phi) is 12.6. The summed E-state index contributed by atoms with van der Waals surface area (Å²) in [5, 5.41) is 6.16. The Bertz CT molecular complexity index is 2120. The molecule has 50 heavy (non-hydrogen) atoms. The maximum absolute atomic E-state index is 11.1. The lowest BCUT2D eigenvalue weighted by molar-refractivity contribution is 0.00578. The lowest BCUT2D eigenvalue weighted by Gasteiger charge is -2.32. The van der Waals surface area contributed by atoms with E-state index >= 15 is 0 Å². The zero-order valence-electron chi connectivity index (χ0n) is 28.1. The summed E-state index contributed by atoms with van der Waals surface area (Å²) in [6.07, 6.45) is 0.788. The average molecular weight is 900 g/mol. The molecule has 1 saturated heterocycles. The van der Waals surface area contributed by atoms with Crippen LogP contribution in [0.2, 0.25) is 10.0 Å². The van der Waals surface area contributed by atoms with Gasteiger partial charge in [0.2, 0.25) is 0 Å². The van der Waals surface area contributed by atoms with E-state index in [0.29, 0.717) is 21.1 Å². The van der Waals surface area contributed by atoms with Gasteiger partial charge in [-0.25, -0.2) is 0 Å². The van der Waals surface area contributed by atoms with Crippen molar-refractivity contribution < 1.29 is 18.8 Å². The molecule has 10 heteroatoms. The Morgan fingerprint density at radius 1 is 0.620 bits per heavy atom. The normalized spacial score (nSPS) is 14.4. The van der Waals surface area contributed by atoms with Crippen LogP contribution in [0.3, 0.4) is 0 Å². The van der Waals surface area contributed by atoms with Crippen molar-refractivity contribution in [3.63, 3.8) is 0 Å². The predicted molar refractivity (Wildman–Crippen MR) is 221 cm³/mol. The Hall–Kier alpha value is -2.69. The summed E-state index contributed by atoms with van der Waals surface area (Å²) in [5.41, 5.74) is 2.45. The Morgan fingerprint density at radius 2 is 1.10 bits per heavy atom. The van der Waals surface area contributed by atoms with Crippen LogP contribution < -0.4 is 10.2 Å². The summed E-state index contributed by atoms with van der Waals surface area (Å²) in [7, 11) is 1.11. The summed E-state index contributed by atoms with van der Waals surface area (Å²) in [4.78, 5) is 11.1. The minimum absolute atomic E-state index is 0.430. The van der Waals surface area contributed by atoms with Crippen LogP contribution in [0.25, 0.3) is 32.7 Å². The molecule has 0 amide bonds. The highest BCUT2D eigenvalue weighted by atomic mass is 79.9. The zero-order chi connectivity index (χ0) is 36.2. The monoisotopic (exact) mass is 896 g/mol. The van der Waals surface area contributed by atoms with Crippen molar-refractivity contribution >= 4 is 111 Å². The molecule has 0 radical (unpaired) electrons. The fourth-order valence-corrected chi connectivity index (χ4v) is 6.80. The van der Waals surface area contributed by atoms with E-state index < -0.39 is 18.3 Å². The largest absolute Gasteiger partial charge is 0.496 e. The molecule has 0 unspecified atom stereocenters. The third-order valence-corrected chi connectivity index (χ3v) is 10.7. The number of fused-ring (bicyclic) bond motifs is 2. The van der Waals surface area contributed by atoms with Gasteiger partial charge in [-0.15, -0.1) is 0 Å². The van der Waals surface area contributed by atoms with Gasteiger partial charge in [-0.3, -0.25) is 4.79 Å². The molecule has 0 aromatic heterocycles. The minimum atomic E-state index is -0.561. The molecule has 6 aromatic rings. The van der Waals surface area contributed by atoms with Gasteiger partial charge in [0.05, 0.1) is 18.3 Å². The molecule has 0 aliphatic carbocycles. The molecule has 1 aliphatic rings. The van der Waals surface area contributed by atoms with E-state index in [9.17, 15) is 4.79 Å². The van der Waals surface area contributed by atoms with Gasteiger partial charge >= 0.3 is 7.12 Å². The van der Waals surface area contributed by atoms with Crippen LogP contribution in [0.15, 0.2) is 123 Å². The standard InChI is InChI=1S/C17H12BrClO.C13H16BClO3.C10H6Br2/c1-20-17-7-6-15(19)10-16(17)12-3-2-11-4-5-14(18)9-13(11)8-12;1-12(2)13(3,4)18-14(17-12)11-7-10(15)6-5-9(11)8-16;11-9-3-1-7-2-4-10(12)6-8(7)5-9/h2-10H,1H3;5-8H,1-4H3;1-6H. The van der Waals surface area contributed by atoms with Crippen LogP contribution in [0, 0.1) is 0 Å². The third-order valence-electron chi connectivity index (χ3n) is 8.72. The summed E-state index contributed by atoms with van der Waals surface area (Å²) < 4.78 is 20.5. The molecule has 6 aromatic carbocycles. The van der Waals surface area contributed by atoms with Crippen molar-refractivity contribution in [1.82, 2.24) is 0 Å².